The van der Waals surface area contributed by atoms with Gasteiger partial charge < -0.3 is 4.43 Å². The van der Waals surface area contributed by atoms with Crippen LogP contribution in [0, 0.1) is 23.2 Å². The van der Waals surface area contributed by atoms with E-state index in [4.69, 9.17) is 14.5 Å². The van der Waals surface area contributed by atoms with Crippen molar-refractivity contribution in [3.8, 4) is 28.6 Å². The fourth-order valence-electron chi connectivity index (χ4n) is 7.20. The smallest absolute Gasteiger partial charge is 0.261 e. The molecule has 0 amide bonds. The second-order valence-corrected chi connectivity index (χ2v) is 18.0. The van der Waals surface area contributed by atoms with Crippen LogP contribution in [-0.2, 0) is 4.43 Å². The first-order chi connectivity index (χ1) is 23.3. The molecule has 2 aromatic carbocycles. The van der Waals surface area contributed by atoms with E-state index < -0.39 is 14.3 Å². The molecule has 0 atom stereocenters. The van der Waals surface area contributed by atoms with Crippen molar-refractivity contribution in [2.45, 2.75) is 57.5 Å². The van der Waals surface area contributed by atoms with Crippen LogP contribution in [0.3, 0.4) is 0 Å². The Kier molecular flexibility index (Phi) is 8.50. The number of halogens is 1. The highest BCUT2D eigenvalue weighted by Gasteiger charge is 2.50. The van der Waals surface area contributed by atoms with Crippen molar-refractivity contribution < 1.29 is 8.82 Å². The fraction of sp³-hybridized carbons (Fsp3) is 0.289. The average Bonchev–Trinajstić information content (AvgIpc) is 3.77. The molecular weight excluding hydrogens is 618 g/mol. The van der Waals surface area contributed by atoms with Crippen molar-refractivity contribution in [1.82, 2.24) is 29.4 Å². The molecule has 1 aliphatic carbocycles. The summed E-state index contributed by atoms with van der Waals surface area (Å²) in [6.07, 6.45) is 12.8. The van der Waals surface area contributed by atoms with Gasteiger partial charge in [-0.3, -0.25) is 4.68 Å². The average molecular weight is 656 g/mol. The van der Waals surface area contributed by atoms with Crippen LogP contribution in [-0.4, -0.2) is 44.3 Å². The van der Waals surface area contributed by atoms with E-state index in [2.05, 4.69) is 102 Å². The summed E-state index contributed by atoms with van der Waals surface area (Å²) in [5, 5.41) is 21.4. The van der Waals surface area contributed by atoms with Gasteiger partial charge in [0.1, 0.15) is 17.1 Å². The molecule has 0 unspecified atom stereocenters. The summed E-state index contributed by atoms with van der Waals surface area (Å²) in [5.41, 5.74) is 3.57. The Morgan fingerprint density at radius 3 is 2.15 bits per heavy atom. The van der Waals surface area contributed by atoms with Crippen LogP contribution in [0.25, 0.3) is 28.0 Å². The third-order valence-corrected chi connectivity index (χ3v) is 14.7. The molecule has 1 saturated carbocycles. The van der Waals surface area contributed by atoms with E-state index >= 15 is 0 Å². The number of nitriles is 1. The van der Waals surface area contributed by atoms with Gasteiger partial charge in [-0.15, -0.1) is 0 Å². The van der Waals surface area contributed by atoms with Crippen molar-refractivity contribution in [1.29, 1.82) is 5.26 Å². The molecule has 0 saturated heterocycles. The lowest BCUT2D eigenvalue weighted by molar-refractivity contribution is 0.172. The van der Waals surface area contributed by atoms with Crippen LogP contribution in [0.15, 0.2) is 104 Å². The zero-order chi connectivity index (χ0) is 33.3. The fourth-order valence-corrected chi connectivity index (χ4v) is 11.8. The molecule has 8 nitrogen and oxygen atoms in total. The lowest BCUT2D eigenvalue weighted by atomic mass is 9.87. The van der Waals surface area contributed by atoms with E-state index in [1.54, 1.807) is 16.8 Å². The van der Waals surface area contributed by atoms with Gasteiger partial charge in [0.15, 0.2) is 0 Å². The van der Waals surface area contributed by atoms with Gasteiger partial charge in [0, 0.05) is 30.1 Å². The van der Waals surface area contributed by atoms with Crippen molar-refractivity contribution in [2.75, 3.05) is 6.61 Å². The zero-order valence-electron chi connectivity index (χ0n) is 27.4. The van der Waals surface area contributed by atoms with Crippen LogP contribution in [0.4, 0.5) is 4.39 Å². The topological polar surface area (TPSA) is 93.9 Å². The maximum Gasteiger partial charge on any atom is 0.261 e. The van der Waals surface area contributed by atoms with E-state index in [9.17, 15) is 9.65 Å². The number of hydrogen-bond acceptors (Lipinski definition) is 6. The number of rotatable bonds is 8. The minimum absolute atomic E-state index is 0.0468. The van der Waals surface area contributed by atoms with Crippen molar-refractivity contribution in [3.05, 3.63) is 115 Å². The Labute approximate surface area is 281 Å². The van der Waals surface area contributed by atoms with Crippen molar-refractivity contribution >= 4 is 24.2 Å². The van der Waals surface area contributed by atoms with Gasteiger partial charge >= 0.3 is 0 Å². The maximum absolute atomic E-state index is 13.6. The van der Waals surface area contributed by atoms with E-state index in [-0.39, 0.29) is 11.1 Å². The summed E-state index contributed by atoms with van der Waals surface area (Å²) < 4.78 is 24.6. The molecule has 242 valence electrons. The lowest BCUT2D eigenvalue weighted by Crippen LogP contribution is -2.66. The first kappa shape index (κ1) is 31.6. The number of nitrogens with zero attached hydrogens (tertiary/aromatic N) is 7. The van der Waals surface area contributed by atoms with Gasteiger partial charge in [-0.25, -0.2) is 14.5 Å². The Bertz CT molecular complexity index is 2020. The van der Waals surface area contributed by atoms with Gasteiger partial charge in [-0.1, -0.05) is 81.4 Å². The summed E-state index contributed by atoms with van der Waals surface area (Å²) in [5.74, 6) is -0.103. The Balaban J connectivity index is 1.09. The number of fused-ring (bicyclic) bond motifs is 1. The summed E-state index contributed by atoms with van der Waals surface area (Å²) in [6, 6.07) is 27.0. The molecule has 0 bridgehead atoms. The highest BCUT2D eigenvalue weighted by molar-refractivity contribution is 6.99. The zero-order valence-corrected chi connectivity index (χ0v) is 28.4. The van der Waals surface area contributed by atoms with Crippen LogP contribution in [0.1, 0.15) is 58.1 Å². The van der Waals surface area contributed by atoms with E-state index in [0.717, 1.165) is 37.9 Å². The highest BCUT2D eigenvalue weighted by Crippen LogP contribution is 2.39. The number of hydrogen-bond donors (Lipinski definition) is 0. The number of aromatic nitrogens is 6. The molecule has 0 N–H and O–H groups in total. The third-order valence-electron chi connectivity index (χ3n) is 9.66. The van der Waals surface area contributed by atoms with Gasteiger partial charge in [-0.2, -0.15) is 19.8 Å². The normalized spacial score (nSPS) is 17.0. The first-order valence-corrected chi connectivity index (χ1v) is 18.4. The molecule has 1 aliphatic rings. The summed E-state index contributed by atoms with van der Waals surface area (Å²) in [7, 11) is -2.57. The predicted molar refractivity (Wildman–Crippen MR) is 187 cm³/mol. The monoisotopic (exact) mass is 655 g/mol. The highest BCUT2D eigenvalue weighted by atomic mass is 28.4. The first-order valence-electron chi connectivity index (χ1n) is 16.5. The minimum Gasteiger partial charge on any atom is -0.407 e. The summed E-state index contributed by atoms with van der Waals surface area (Å²) >= 11 is 0. The van der Waals surface area contributed by atoms with E-state index in [0.29, 0.717) is 33.9 Å². The van der Waals surface area contributed by atoms with Gasteiger partial charge in [-0.05, 0) is 59.1 Å². The molecule has 7 rings (SSSR count). The van der Waals surface area contributed by atoms with Crippen molar-refractivity contribution in [2.24, 2.45) is 5.92 Å². The van der Waals surface area contributed by atoms with Gasteiger partial charge in [0.2, 0.25) is 5.95 Å². The molecule has 0 aliphatic heterocycles. The van der Waals surface area contributed by atoms with E-state index in [1.165, 1.54) is 28.8 Å². The van der Waals surface area contributed by atoms with E-state index in [1.807, 2.05) is 12.4 Å². The molecule has 4 heterocycles. The molecule has 4 aromatic heterocycles. The summed E-state index contributed by atoms with van der Waals surface area (Å²) in [4.78, 5) is 8.70. The quantitative estimate of drug-likeness (QED) is 0.130. The predicted octanol–water partition coefficient (Wildman–Crippen LogP) is 6.97. The molecule has 10 heteroatoms. The maximum atomic E-state index is 13.6. The Morgan fingerprint density at radius 2 is 1.54 bits per heavy atom. The molecular formula is C38H38FN7OSi. The second-order valence-electron chi connectivity index (χ2n) is 13.7. The minimum atomic E-state index is -2.57. The molecule has 1 fully saturated rings. The second kappa shape index (κ2) is 12.9. The Morgan fingerprint density at radius 1 is 0.854 bits per heavy atom. The molecule has 0 radical (unpaired) electrons. The molecule has 6 aromatic rings. The van der Waals surface area contributed by atoms with Crippen LogP contribution < -0.4 is 10.4 Å². The van der Waals surface area contributed by atoms with Crippen LogP contribution in [0.5, 0.6) is 0 Å². The molecule has 48 heavy (non-hydrogen) atoms. The van der Waals surface area contributed by atoms with Gasteiger partial charge in [0.25, 0.3) is 8.32 Å². The Hall–Kier alpha value is -4.98. The summed E-state index contributed by atoms with van der Waals surface area (Å²) in [6.45, 7) is 7.72. The van der Waals surface area contributed by atoms with Gasteiger partial charge in [0.05, 0.1) is 36.0 Å². The standard InChI is InChI=1S/C38H38FN7OSi/c1-38(2,3)48(32-10-6-4-7-11-32,33-12-8-5-9-13-33)47-26-27-14-17-31(18-15-27)45-24-30(23-42-45)34-25-46-37(29(20-40)22-43-46)36(44-34)28-16-19-35(39)41-21-28/h4-13,16,19,21-25,27,31H,14-15,17-18,26H2,1-3H3. The van der Waals surface area contributed by atoms with Crippen LogP contribution in [0.2, 0.25) is 5.04 Å². The lowest BCUT2D eigenvalue weighted by Gasteiger charge is -2.44. The SMILES string of the molecule is CC(C)(C)[Si](OCC1CCC(n2cc(-c3cn4ncc(C#N)c4c(-c4ccc(F)nc4)n3)cn2)CC1)(c1ccccc1)c1ccccc1. The largest absolute Gasteiger partial charge is 0.407 e. The van der Waals surface area contributed by atoms with Crippen molar-refractivity contribution in [3.63, 3.8) is 0 Å². The third kappa shape index (κ3) is 5.84. The molecule has 0 spiro atoms. The number of pyridine rings is 1. The van der Waals surface area contributed by atoms with Crippen LogP contribution >= 0.6 is 0 Å². The number of benzene rings is 2.